The molecule has 1 aromatic carbocycles. The molecule has 1 aliphatic carbocycles. The van der Waals surface area contributed by atoms with Crippen molar-refractivity contribution in [3.05, 3.63) is 35.6 Å². The average molecular weight is 251 g/mol. The van der Waals surface area contributed by atoms with Crippen LogP contribution in [0.5, 0.6) is 0 Å². The molecule has 0 spiro atoms. The molecule has 1 fully saturated rings. The van der Waals surface area contributed by atoms with Gasteiger partial charge in [-0.05, 0) is 37.5 Å². The molecular weight excluding hydrogens is 237 g/mol. The lowest BCUT2D eigenvalue weighted by Crippen LogP contribution is -2.33. The van der Waals surface area contributed by atoms with Crippen LogP contribution < -0.4 is 5.32 Å². The normalized spacial score (nSPS) is 22.7. The molecule has 2 atom stereocenters. The molecule has 0 unspecified atom stereocenters. The van der Waals surface area contributed by atoms with Gasteiger partial charge >= 0.3 is 5.97 Å². The maximum Gasteiger partial charge on any atom is 0.306 e. The van der Waals surface area contributed by atoms with E-state index in [1.54, 1.807) is 0 Å². The maximum absolute atomic E-state index is 13.0. The lowest BCUT2D eigenvalue weighted by Gasteiger charge is -2.12. The maximum atomic E-state index is 13.0. The number of halogens is 1. The van der Waals surface area contributed by atoms with Crippen LogP contribution in [0.25, 0.3) is 0 Å². The van der Waals surface area contributed by atoms with Gasteiger partial charge in [-0.3, -0.25) is 9.59 Å². The highest BCUT2D eigenvalue weighted by Crippen LogP contribution is 2.25. The third-order valence-electron chi connectivity index (χ3n) is 3.20. The van der Waals surface area contributed by atoms with Crippen molar-refractivity contribution >= 4 is 11.9 Å². The third kappa shape index (κ3) is 2.85. The lowest BCUT2D eigenvalue weighted by atomic mass is 10.1. The van der Waals surface area contributed by atoms with Crippen molar-refractivity contribution in [2.24, 2.45) is 5.92 Å². The van der Waals surface area contributed by atoms with Gasteiger partial charge in [-0.1, -0.05) is 6.07 Å². The van der Waals surface area contributed by atoms with E-state index in [1.165, 1.54) is 24.3 Å². The first-order valence-electron chi connectivity index (χ1n) is 5.85. The van der Waals surface area contributed by atoms with Gasteiger partial charge in [0.2, 0.25) is 0 Å². The van der Waals surface area contributed by atoms with Crippen molar-refractivity contribution in [2.75, 3.05) is 0 Å². The average Bonchev–Trinajstić information content (AvgIpc) is 2.77. The van der Waals surface area contributed by atoms with E-state index in [4.69, 9.17) is 5.11 Å². The van der Waals surface area contributed by atoms with Crippen LogP contribution in [0.2, 0.25) is 0 Å². The summed E-state index contributed by atoms with van der Waals surface area (Å²) in [7, 11) is 0. The van der Waals surface area contributed by atoms with E-state index in [-0.39, 0.29) is 23.4 Å². The molecule has 2 rings (SSSR count). The van der Waals surface area contributed by atoms with Gasteiger partial charge < -0.3 is 10.4 Å². The summed E-state index contributed by atoms with van der Waals surface area (Å²) < 4.78 is 13.0. The molecule has 1 aliphatic rings. The highest BCUT2D eigenvalue weighted by atomic mass is 19.1. The van der Waals surface area contributed by atoms with Gasteiger partial charge in [-0.25, -0.2) is 4.39 Å². The minimum Gasteiger partial charge on any atom is -0.481 e. The summed E-state index contributed by atoms with van der Waals surface area (Å²) in [5.74, 6) is -2.02. The largest absolute Gasteiger partial charge is 0.481 e. The number of nitrogens with one attached hydrogen (secondary N) is 1. The van der Waals surface area contributed by atoms with Crippen LogP contribution >= 0.6 is 0 Å². The molecule has 0 saturated heterocycles. The van der Waals surface area contributed by atoms with Crippen molar-refractivity contribution < 1.29 is 19.1 Å². The Hall–Kier alpha value is -1.91. The summed E-state index contributed by atoms with van der Waals surface area (Å²) in [6.07, 6.45) is 1.66. The standard InChI is InChI=1S/C13H14FNO3/c14-10-3-1-2-8(6-10)12(16)15-11-5-4-9(7-11)13(17)18/h1-3,6,9,11H,4-5,7H2,(H,15,16)(H,17,18)/t9-,11-/m0/s1. The molecule has 1 aromatic rings. The van der Waals surface area contributed by atoms with Gasteiger partial charge in [0.05, 0.1) is 5.92 Å². The van der Waals surface area contributed by atoms with Gasteiger partial charge in [-0.15, -0.1) is 0 Å². The van der Waals surface area contributed by atoms with Crippen LogP contribution in [0.1, 0.15) is 29.6 Å². The molecule has 4 nitrogen and oxygen atoms in total. The molecule has 5 heteroatoms. The van der Waals surface area contributed by atoms with Crippen LogP contribution in [-0.2, 0) is 4.79 Å². The van der Waals surface area contributed by atoms with Crippen molar-refractivity contribution in [3.63, 3.8) is 0 Å². The van der Waals surface area contributed by atoms with Crippen molar-refractivity contribution in [3.8, 4) is 0 Å². The lowest BCUT2D eigenvalue weighted by molar-refractivity contribution is -0.141. The second-order valence-corrected chi connectivity index (χ2v) is 4.53. The summed E-state index contributed by atoms with van der Waals surface area (Å²) in [5.41, 5.74) is 0.258. The van der Waals surface area contributed by atoms with Crippen LogP contribution in [0.3, 0.4) is 0 Å². The Morgan fingerprint density at radius 3 is 2.72 bits per heavy atom. The molecule has 1 saturated carbocycles. The van der Waals surface area contributed by atoms with Gasteiger partial charge in [-0.2, -0.15) is 0 Å². The van der Waals surface area contributed by atoms with Gasteiger partial charge in [0.1, 0.15) is 5.82 Å². The van der Waals surface area contributed by atoms with E-state index in [0.717, 1.165) is 0 Å². The quantitative estimate of drug-likeness (QED) is 0.861. The molecule has 2 N–H and O–H groups in total. The van der Waals surface area contributed by atoms with E-state index in [2.05, 4.69) is 5.32 Å². The van der Waals surface area contributed by atoms with Crippen LogP contribution in [0.15, 0.2) is 24.3 Å². The zero-order valence-electron chi connectivity index (χ0n) is 9.73. The van der Waals surface area contributed by atoms with E-state index in [1.807, 2.05) is 0 Å². The van der Waals surface area contributed by atoms with Gasteiger partial charge in [0.15, 0.2) is 0 Å². The van der Waals surface area contributed by atoms with Crippen molar-refractivity contribution in [2.45, 2.75) is 25.3 Å². The number of carboxylic acid groups (broad SMARTS) is 1. The first kappa shape index (κ1) is 12.5. The molecule has 0 aromatic heterocycles. The summed E-state index contributed by atoms with van der Waals surface area (Å²) in [6.45, 7) is 0. The first-order valence-corrected chi connectivity index (χ1v) is 5.85. The Morgan fingerprint density at radius 1 is 1.33 bits per heavy atom. The second kappa shape index (κ2) is 5.16. The molecule has 1 amide bonds. The zero-order valence-corrected chi connectivity index (χ0v) is 9.73. The molecule has 0 heterocycles. The summed E-state index contributed by atoms with van der Waals surface area (Å²) >= 11 is 0. The molecule has 0 aliphatic heterocycles. The number of carbonyl (C=O) groups is 2. The Labute approximate surface area is 104 Å². The van der Waals surface area contributed by atoms with Crippen LogP contribution in [0, 0.1) is 11.7 Å². The number of rotatable bonds is 3. The Kier molecular flexibility index (Phi) is 3.60. The Balaban J connectivity index is 1.95. The summed E-state index contributed by atoms with van der Waals surface area (Å²) in [5, 5.41) is 11.6. The fourth-order valence-corrected chi connectivity index (χ4v) is 2.24. The summed E-state index contributed by atoms with van der Waals surface area (Å²) in [6, 6.07) is 5.30. The zero-order chi connectivity index (χ0) is 13.1. The molecule has 18 heavy (non-hydrogen) atoms. The van der Waals surface area contributed by atoms with Crippen molar-refractivity contribution in [1.82, 2.24) is 5.32 Å². The second-order valence-electron chi connectivity index (χ2n) is 4.53. The highest BCUT2D eigenvalue weighted by Gasteiger charge is 2.30. The van der Waals surface area contributed by atoms with E-state index in [0.29, 0.717) is 19.3 Å². The van der Waals surface area contributed by atoms with Crippen LogP contribution in [-0.4, -0.2) is 23.0 Å². The number of aliphatic carboxylic acids is 1. The Bertz CT molecular complexity index is 475. The van der Waals surface area contributed by atoms with E-state index >= 15 is 0 Å². The number of carbonyl (C=O) groups excluding carboxylic acids is 1. The number of carboxylic acids is 1. The van der Waals surface area contributed by atoms with Crippen LogP contribution in [0.4, 0.5) is 4.39 Å². The molecule has 0 radical (unpaired) electrons. The predicted octanol–water partition coefficient (Wildman–Crippen LogP) is 1.81. The van der Waals surface area contributed by atoms with Gasteiger partial charge in [0.25, 0.3) is 5.91 Å². The van der Waals surface area contributed by atoms with E-state index in [9.17, 15) is 14.0 Å². The minimum atomic E-state index is -0.822. The molecular formula is C13H14FNO3. The topological polar surface area (TPSA) is 66.4 Å². The minimum absolute atomic E-state index is 0.137. The number of hydrogen-bond donors (Lipinski definition) is 2. The highest BCUT2D eigenvalue weighted by molar-refractivity contribution is 5.94. The number of hydrogen-bond acceptors (Lipinski definition) is 2. The fraction of sp³-hybridized carbons (Fsp3) is 0.385. The SMILES string of the molecule is O=C(N[C@H]1CC[C@H](C(=O)O)C1)c1cccc(F)c1. The number of benzene rings is 1. The molecule has 0 bridgehead atoms. The predicted molar refractivity (Wildman–Crippen MR) is 62.6 cm³/mol. The van der Waals surface area contributed by atoms with Gasteiger partial charge in [0, 0.05) is 11.6 Å². The smallest absolute Gasteiger partial charge is 0.306 e. The fourth-order valence-electron chi connectivity index (χ4n) is 2.24. The Morgan fingerprint density at radius 2 is 2.11 bits per heavy atom. The third-order valence-corrected chi connectivity index (χ3v) is 3.20. The van der Waals surface area contributed by atoms with Crippen molar-refractivity contribution in [1.29, 1.82) is 0 Å². The number of amides is 1. The summed E-state index contributed by atoms with van der Waals surface area (Å²) in [4.78, 5) is 22.6. The first-order chi connectivity index (χ1) is 8.56. The van der Waals surface area contributed by atoms with E-state index < -0.39 is 11.8 Å². The molecule has 96 valence electrons. The monoisotopic (exact) mass is 251 g/mol.